The number of hydrogen-bond acceptors (Lipinski definition) is 3. The van der Waals surface area contributed by atoms with Gasteiger partial charge in [-0.15, -0.1) is 0 Å². The summed E-state index contributed by atoms with van der Waals surface area (Å²) in [6.07, 6.45) is -0.675. The van der Waals surface area contributed by atoms with Crippen LogP contribution in [0.2, 0.25) is 0 Å². The van der Waals surface area contributed by atoms with Crippen molar-refractivity contribution in [1.82, 2.24) is 4.72 Å². The summed E-state index contributed by atoms with van der Waals surface area (Å²) in [5.74, 6) is 0.0203. The van der Waals surface area contributed by atoms with Crippen LogP contribution in [0.25, 0.3) is 0 Å². The highest BCUT2D eigenvalue weighted by atomic mass is 32.2. The summed E-state index contributed by atoms with van der Waals surface area (Å²) in [4.78, 5) is 0.246. The molecule has 1 aromatic rings. The maximum absolute atomic E-state index is 12.0. The lowest BCUT2D eigenvalue weighted by Gasteiger charge is -2.15. The molecule has 1 rings (SSSR count). The minimum absolute atomic E-state index is 0.0203. The van der Waals surface area contributed by atoms with Crippen LogP contribution in [0, 0.1) is 19.8 Å². The van der Waals surface area contributed by atoms with Crippen LogP contribution in [0.3, 0.4) is 0 Å². The standard InChI is InChI=1S/C13H21NO3S/c1-9(2)13(15)8-14-18(16,17)12-6-10(3)5-11(4)7-12/h5-7,9,13-15H,8H2,1-4H3. The van der Waals surface area contributed by atoms with E-state index in [0.29, 0.717) is 0 Å². The van der Waals surface area contributed by atoms with Gasteiger partial charge in [0.1, 0.15) is 0 Å². The number of sulfonamides is 1. The van der Waals surface area contributed by atoms with Crippen molar-refractivity contribution in [2.75, 3.05) is 6.54 Å². The molecule has 102 valence electrons. The lowest BCUT2D eigenvalue weighted by Crippen LogP contribution is -2.34. The summed E-state index contributed by atoms with van der Waals surface area (Å²) in [6.45, 7) is 7.43. The van der Waals surface area contributed by atoms with E-state index >= 15 is 0 Å². The van der Waals surface area contributed by atoms with Gasteiger partial charge in [-0.2, -0.15) is 0 Å². The van der Waals surface area contributed by atoms with Crippen LogP contribution >= 0.6 is 0 Å². The molecule has 4 nitrogen and oxygen atoms in total. The predicted octanol–water partition coefficient (Wildman–Crippen LogP) is 1.60. The molecule has 0 bridgehead atoms. The molecule has 0 saturated carbocycles. The minimum Gasteiger partial charge on any atom is -0.391 e. The quantitative estimate of drug-likeness (QED) is 0.855. The Morgan fingerprint density at radius 2 is 1.67 bits per heavy atom. The van der Waals surface area contributed by atoms with E-state index < -0.39 is 16.1 Å². The molecule has 0 saturated heterocycles. The fourth-order valence-corrected chi connectivity index (χ4v) is 2.84. The SMILES string of the molecule is Cc1cc(C)cc(S(=O)(=O)NCC(O)C(C)C)c1. The molecule has 0 aliphatic carbocycles. The first kappa shape index (κ1) is 15.1. The van der Waals surface area contributed by atoms with Crippen LogP contribution in [0.1, 0.15) is 25.0 Å². The molecule has 5 heteroatoms. The molecule has 0 amide bonds. The van der Waals surface area contributed by atoms with Crippen molar-refractivity contribution in [2.24, 2.45) is 5.92 Å². The van der Waals surface area contributed by atoms with Gasteiger partial charge in [0.05, 0.1) is 11.0 Å². The Kier molecular flexibility index (Phi) is 4.90. The Bertz CT molecular complexity index is 489. The third kappa shape index (κ3) is 4.08. The minimum atomic E-state index is -3.54. The fourth-order valence-electron chi connectivity index (χ4n) is 1.60. The van der Waals surface area contributed by atoms with Crippen molar-refractivity contribution >= 4 is 10.0 Å². The Labute approximate surface area is 109 Å². The maximum atomic E-state index is 12.0. The first-order chi connectivity index (χ1) is 8.22. The number of aliphatic hydroxyl groups is 1. The van der Waals surface area contributed by atoms with Crippen molar-refractivity contribution in [3.8, 4) is 0 Å². The van der Waals surface area contributed by atoms with Crippen LogP contribution in [0.15, 0.2) is 23.1 Å². The highest BCUT2D eigenvalue weighted by Crippen LogP contribution is 2.14. The van der Waals surface area contributed by atoms with Gasteiger partial charge >= 0.3 is 0 Å². The molecule has 0 spiro atoms. The van der Waals surface area contributed by atoms with Crippen LogP contribution in [-0.2, 0) is 10.0 Å². The Balaban J connectivity index is 2.86. The Morgan fingerprint density at radius 1 is 1.17 bits per heavy atom. The van der Waals surface area contributed by atoms with Crippen molar-refractivity contribution in [2.45, 2.75) is 38.7 Å². The smallest absolute Gasteiger partial charge is 0.240 e. The first-order valence-corrected chi connectivity index (χ1v) is 7.46. The monoisotopic (exact) mass is 271 g/mol. The number of aliphatic hydroxyl groups excluding tert-OH is 1. The fraction of sp³-hybridized carbons (Fsp3) is 0.538. The molecule has 0 heterocycles. The average molecular weight is 271 g/mol. The second kappa shape index (κ2) is 5.82. The van der Waals surface area contributed by atoms with E-state index in [4.69, 9.17) is 0 Å². The maximum Gasteiger partial charge on any atom is 0.240 e. The van der Waals surface area contributed by atoms with E-state index in [2.05, 4.69) is 4.72 Å². The van der Waals surface area contributed by atoms with Gasteiger partial charge in [0.2, 0.25) is 10.0 Å². The average Bonchev–Trinajstić information content (AvgIpc) is 2.24. The van der Waals surface area contributed by atoms with Crippen molar-refractivity contribution in [3.05, 3.63) is 29.3 Å². The normalized spacial score (nSPS) is 13.9. The van der Waals surface area contributed by atoms with Crippen LogP contribution in [0.5, 0.6) is 0 Å². The number of hydrogen-bond donors (Lipinski definition) is 2. The summed E-state index contributed by atoms with van der Waals surface area (Å²) in [7, 11) is -3.54. The van der Waals surface area contributed by atoms with E-state index in [9.17, 15) is 13.5 Å². The van der Waals surface area contributed by atoms with Gasteiger partial charge in [-0.1, -0.05) is 19.9 Å². The lowest BCUT2D eigenvalue weighted by atomic mass is 10.1. The zero-order chi connectivity index (χ0) is 13.9. The molecular formula is C13H21NO3S. The third-order valence-electron chi connectivity index (χ3n) is 2.76. The van der Waals surface area contributed by atoms with Gasteiger partial charge < -0.3 is 5.11 Å². The molecule has 0 aliphatic heterocycles. The van der Waals surface area contributed by atoms with E-state index in [1.54, 1.807) is 12.1 Å². The third-order valence-corrected chi connectivity index (χ3v) is 4.16. The van der Waals surface area contributed by atoms with E-state index in [0.717, 1.165) is 11.1 Å². The van der Waals surface area contributed by atoms with Gasteiger partial charge in [0.25, 0.3) is 0 Å². The summed E-state index contributed by atoms with van der Waals surface area (Å²) in [6, 6.07) is 5.16. The largest absolute Gasteiger partial charge is 0.391 e. The number of benzene rings is 1. The second-order valence-electron chi connectivity index (χ2n) is 4.99. The zero-order valence-electron chi connectivity index (χ0n) is 11.3. The van der Waals surface area contributed by atoms with Crippen molar-refractivity contribution < 1.29 is 13.5 Å². The summed E-state index contributed by atoms with van der Waals surface area (Å²) in [5, 5.41) is 9.62. The number of rotatable bonds is 5. The topological polar surface area (TPSA) is 66.4 Å². The van der Waals surface area contributed by atoms with E-state index in [1.807, 2.05) is 33.8 Å². The number of nitrogens with one attached hydrogen (secondary N) is 1. The van der Waals surface area contributed by atoms with Crippen LogP contribution in [0.4, 0.5) is 0 Å². The van der Waals surface area contributed by atoms with Crippen LogP contribution in [-0.4, -0.2) is 26.2 Å². The van der Waals surface area contributed by atoms with Gasteiger partial charge in [-0.05, 0) is 43.0 Å². The molecular weight excluding hydrogens is 250 g/mol. The summed E-state index contributed by atoms with van der Waals surface area (Å²) < 4.78 is 26.5. The summed E-state index contributed by atoms with van der Waals surface area (Å²) >= 11 is 0. The van der Waals surface area contributed by atoms with Crippen molar-refractivity contribution in [3.63, 3.8) is 0 Å². The second-order valence-corrected chi connectivity index (χ2v) is 6.75. The Morgan fingerprint density at radius 3 is 2.11 bits per heavy atom. The van der Waals surface area contributed by atoms with Crippen molar-refractivity contribution in [1.29, 1.82) is 0 Å². The molecule has 0 radical (unpaired) electrons. The molecule has 1 aromatic carbocycles. The van der Waals surface area contributed by atoms with Gasteiger partial charge in [0.15, 0.2) is 0 Å². The molecule has 1 unspecified atom stereocenters. The van der Waals surface area contributed by atoms with E-state index in [-0.39, 0.29) is 17.4 Å². The highest BCUT2D eigenvalue weighted by Gasteiger charge is 2.17. The van der Waals surface area contributed by atoms with Crippen LogP contribution < -0.4 is 4.72 Å². The Hall–Kier alpha value is -0.910. The predicted molar refractivity (Wildman–Crippen MR) is 71.9 cm³/mol. The van der Waals surface area contributed by atoms with E-state index in [1.165, 1.54) is 0 Å². The molecule has 18 heavy (non-hydrogen) atoms. The first-order valence-electron chi connectivity index (χ1n) is 5.98. The molecule has 0 fully saturated rings. The summed E-state index contributed by atoms with van der Waals surface area (Å²) in [5.41, 5.74) is 1.81. The lowest BCUT2D eigenvalue weighted by molar-refractivity contribution is 0.129. The molecule has 2 N–H and O–H groups in total. The van der Waals surface area contributed by atoms with Gasteiger partial charge in [0, 0.05) is 6.54 Å². The molecule has 0 aliphatic rings. The molecule has 1 atom stereocenters. The van der Waals surface area contributed by atoms with Gasteiger partial charge in [-0.25, -0.2) is 13.1 Å². The molecule has 0 aromatic heterocycles. The highest BCUT2D eigenvalue weighted by molar-refractivity contribution is 7.89. The zero-order valence-corrected chi connectivity index (χ0v) is 12.1. The number of aryl methyl sites for hydroxylation is 2. The van der Waals surface area contributed by atoms with Gasteiger partial charge in [-0.3, -0.25) is 0 Å².